The highest BCUT2D eigenvalue weighted by Crippen LogP contribution is 2.33. The molecule has 1 aliphatic carbocycles. The van der Waals surface area contributed by atoms with Crippen LogP contribution in [0.15, 0.2) is 18.2 Å². The van der Waals surface area contributed by atoms with Gasteiger partial charge in [-0.2, -0.15) is 0 Å². The fraction of sp³-hybridized carbons (Fsp3) is 0.571. The molecule has 1 unspecified atom stereocenters. The summed E-state index contributed by atoms with van der Waals surface area (Å²) in [5.74, 6) is 0.336. The van der Waals surface area contributed by atoms with Crippen molar-refractivity contribution in [2.24, 2.45) is 5.92 Å². The molecule has 0 aromatic heterocycles. The third kappa shape index (κ3) is 2.43. The summed E-state index contributed by atoms with van der Waals surface area (Å²) < 4.78 is 13.8. The van der Waals surface area contributed by atoms with Crippen LogP contribution in [0.2, 0.25) is 0 Å². The summed E-state index contributed by atoms with van der Waals surface area (Å²) in [5, 5.41) is 10.0. The molecule has 1 saturated carbocycles. The third-order valence-corrected chi connectivity index (χ3v) is 3.61. The van der Waals surface area contributed by atoms with Crippen LogP contribution in [0.4, 0.5) is 4.39 Å². The van der Waals surface area contributed by atoms with Gasteiger partial charge in [-0.25, -0.2) is 4.39 Å². The van der Waals surface area contributed by atoms with Crippen LogP contribution in [-0.2, 0) is 0 Å². The van der Waals surface area contributed by atoms with E-state index in [1.165, 1.54) is 25.7 Å². The van der Waals surface area contributed by atoms with E-state index >= 15 is 0 Å². The van der Waals surface area contributed by atoms with E-state index in [1.807, 2.05) is 6.07 Å². The quantitative estimate of drug-likeness (QED) is 0.825. The molecule has 1 fully saturated rings. The lowest BCUT2D eigenvalue weighted by Gasteiger charge is -2.16. The van der Waals surface area contributed by atoms with Crippen molar-refractivity contribution in [2.75, 3.05) is 0 Å². The van der Waals surface area contributed by atoms with Gasteiger partial charge in [0.15, 0.2) is 0 Å². The Labute approximate surface area is 96.3 Å². The normalized spacial score (nSPS) is 18.9. The molecule has 1 nitrogen and oxygen atoms in total. The second kappa shape index (κ2) is 4.96. The maximum atomic E-state index is 13.8. The molecule has 16 heavy (non-hydrogen) atoms. The van der Waals surface area contributed by atoms with Crippen LogP contribution >= 0.6 is 0 Å². The summed E-state index contributed by atoms with van der Waals surface area (Å²) in [6.45, 7) is 1.74. The minimum absolute atomic E-state index is 0.243. The largest absolute Gasteiger partial charge is 0.388 e. The predicted octanol–water partition coefficient (Wildman–Crippen LogP) is 3.75. The monoisotopic (exact) mass is 222 g/mol. The van der Waals surface area contributed by atoms with Crippen LogP contribution in [0.5, 0.6) is 0 Å². The maximum Gasteiger partial charge on any atom is 0.131 e. The summed E-state index contributed by atoms with van der Waals surface area (Å²) >= 11 is 0. The van der Waals surface area contributed by atoms with E-state index < -0.39 is 6.10 Å². The van der Waals surface area contributed by atoms with Crippen LogP contribution in [0.1, 0.15) is 49.3 Å². The molecule has 1 atom stereocenters. The van der Waals surface area contributed by atoms with Gasteiger partial charge < -0.3 is 5.11 Å². The molecule has 0 bridgehead atoms. The first-order valence-corrected chi connectivity index (χ1v) is 6.11. The fourth-order valence-corrected chi connectivity index (χ4v) is 2.62. The van der Waals surface area contributed by atoms with Crippen LogP contribution < -0.4 is 0 Å². The molecule has 2 heteroatoms. The Morgan fingerprint density at radius 1 is 1.38 bits per heavy atom. The van der Waals surface area contributed by atoms with Crippen LogP contribution in [0.3, 0.4) is 0 Å². The van der Waals surface area contributed by atoms with E-state index in [-0.39, 0.29) is 5.82 Å². The van der Waals surface area contributed by atoms with Gasteiger partial charge >= 0.3 is 0 Å². The van der Waals surface area contributed by atoms with Crippen molar-refractivity contribution in [1.29, 1.82) is 0 Å². The number of halogens is 1. The minimum atomic E-state index is -0.636. The van der Waals surface area contributed by atoms with E-state index in [9.17, 15) is 9.50 Å². The highest BCUT2D eigenvalue weighted by Gasteiger charge is 2.21. The number of aryl methyl sites for hydroxylation is 1. The number of hydrogen-bond donors (Lipinski definition) is 1. The van der Waals surface area contributed by atoms with E-state index in [4.69, 9.17) is 0 Å². The van der Waals surface area contributed by atoms with Crippen molar-refractivity contribution in [1.82, 2.24) is 0 Å². The second-order valence-electron chi connectivity index (χ2n) is 4.88. The van der Waals surface area contributed by atoms with E-state index in [2.05, 4.69) is 0 Å². The molecular weight excluding hydrogens is 203 g/mol. The maximum absolute atomic E-state index is 13.8. The minimum Gasteiger partial charge on any atom is -0.388 e. The first kappa shape index (κ1) is 11.6. The molecule has 88 valence electrons. The molecule has 0 saturated heterocycles. The molecule has 1 N–H and O–H groups in total. The lowest BCUT2D eigenvalue weighted by atomic mass is 9.94. The number of aliphatic hydroxyl groups is 1. The Morgan fingerprint density at radius 2 is 2.06 bits per heavy atom. The van der Waals surface area contributed by atoms with Crippen molar-refractivity contribution in [2.45, 2.75) is 45.1 Å². The Morgan fingerprint density at radius 3 is 2.75 bits per heavy atom. The van der Waals surface area contributed by atoms with Gasteiger partial charge in [0, 0.05) is 5.56 Å². The van der Waals surface area contributed by atoms with E-state index in [1.54, 1.807) is 19.1 Å². The van der Waals surface area contributed by atoms with Crippen molar-refractivity contribution < 1.29 is 9.50 Å². The van der Waals surface area contributed by atoms with E-state index in [0.717, 1.165) is 0 Å². The van der Waals surface area contributed by atoms with Crippen LogP contribution in [0.25, 0.3) is 0 Å². The van der Waals surface area contributed by atoms with Crippen molar-refractivity contribution in [3.8, 4) is 0 Å². The summed E-state index contributed by atoms with van der Waals surface area (Å²) in [5.41, 5.74) is 1.08. The van der Waals surface area contributed by atoms with Crippen molar-refractivity contribution >= 4 is 0 Å². The average molecular weight is 222 g/mol. The zero-order valence-electron chi connectivity index (χ0n) is 9.75. The fourth-order valence-electron chi connectivity index (χ4n) is 2.62. The molecule has 1 aliphatic rings. The predicted molar refractivity (Wildman–Crippen MR) is 62.7 cm³/mol. The Hall–Kier alpha value is -0.890. The van der Waals surface area contributed by atoms with Crippen molar-refractivity contribution in [3.05, 3.63) is 35.1 Å². The summed E-state index contributed by atoms with van der Waals surface area (Å²) in [6, 6.07) is 5.24. The van der Waals surface area contributed by atoms with Gasteiger partial charge in [-0.1, -0.05) is 43.9 Å². The molecule has 0 spiro atoms. The Bertz CT molecular complexity index is 356. The summed E-state index contributed by atoms with van der Waals surface area (Å²) in [7, 11) is 0. The SMILES string of the molecule is Cc1cccc(C(O)CC2CCCC2)c1F. The first-order valence-electron chi connectivity index (χ1n) is 6.11. The first-order chi connectivity index (χ1) is 7.68. The summed E-state index contributed by atoms with van der Waals surface area (Å²) in [4.78, 5) is 0. The smallest absolute Gasteiger partial charge is 0.131 e. The number of rotatable bonds is 3. The molecule has 1 aromatic carbocycles. The van der Waals surface area contributed by atoms with Gasteiger partial charge in [0.2, 0.25) is 0 Å². The topological polar surface area (TPSA) is 20.2 Å². The van der Waals surface area contributed by atoms with Crippen molar-refractivity contribution in [3.63, 3.8) is 0 Å². The van der Waals surface area contributed by atoms with Gasteiger partial charge in [-0.15, -0.1) is 0 Å². The van der Waals surface area contributed by atoms with Gasteiger partial charge in [-0.05, 0) is 24.8 Å². The average Bonchev–Trinajstić information content (AvgIpc) is 2.74. The van der Waals surface area contributed by atoms with Gasteiger partial charge in [0.05, 0.1) is 6.10 Å². The number of aliphatic hydroxyl groups excluding tert-OH is 1. The molecule has 2 rings (SSSR count). The van der Waals surface area contributed by atoms with Gasteiger partial charge in [-0.3, -0.25) is 0 Å². The van der Waals surface area contributed by atoms with Crippen LogP contribution in [0, 0.1) is 18.7 Å². The molecular formula is C14H19FO. The number of benzene rings is 1. The zero-order chi connectivity index (χ0) is 11.5. The molecule has 0 amide bonds. The Kier molecular flexibility index (Phi) is 3.59. The summed E-state index contributed by atoms with van der Waals surface area (Å²) in [6.07, 6.45) is 4.96. The molecule has 1 aromatic rings. The lowest BCUT2D eigenvalue weighted by molar-refractivity contribution is 0.140. The van der Waals surface area contributed by atoms with Crippen LogP contribution in [-0.4, -0.2) is 5.11 Å². The van der Waals surface area contributed by atoms with Gasteiger partial charge in [0.1, 0.15) is 5.82 Å². The highest BCUT2D eigenvalue weighted by molar-refractivity contribution is 5.26. The Balaban J connectivity index is 2.07. The zero-order valence-corrected chi connectivity index (χ0v) is 9.75. The van der Waals surface area contributed by atoms with E-state index in [0.29, 0.717) is 23.5 Å². The molecule has 0 heterocycles. The molecule has 0 aliphatic heterocycles. The number of hydrogen-bond acceptors (Lipinski definition) is 1. The third-order valence-electron chi connectivity index (χ3n) is 3.61. The van der Waals surface area contributed by atoms with Gasteiger partial charge in [0.25, 0.3) is 0 Å². The molecule has 0 radical (unpaired) electrons. The second-order valence-corrected chi connectivity index (χ2v) is 4.88. The highest BCUT2D eigenvalue weighted by atomic mass is 19.1. The lowest BCUT2D eigenvalue weighted by Crippen LogP contribution is -2.07. The standard InChI is InChI=1S/C14H19FO/c1-10-5-4-8-12(14(10)15)13(16)9-11-6-2-3-7-11/h4-5,8,11,13,16H,2-3,6-7,9H2,1H3.